The SMILES string of the molecule is COCC1CCCCS1. The lowest BCUT2D eigenvalue weighted by atomic mass is 10.2. The van der Waals surface area contributed by atoms with Crippen molar-refractivity contribution < 1.29 is 4.74 Å². The van der Waals surface area contributed by atoms with Crippen molar-refractivity contribution in [2.45, 2.75) is 24.5 Å². The molecular formula is C7H14OS. The van der Waals surface area contributed by atoms with Crippen molar-refractivity contribution in [1.82, 2.24) is 0 Å². The Labute approximate surface area is 61.2 Å². The Balaban J connectivity index is 2.08. The van der Waals surface area contributed by atoms with Gasteiger partial charge in [0, 0.05) is 12.4 Å². The van der Waals surface area contributed by atoms with Gasteiger partial charge in [0.15, 0.2) is 0 Å². The van der Waals surface area contributed by atoms with Gasteiger partial charge in [-0.3, -0.25) is 0 Å². The van der Waals surface area contributed by atoms with Crippen LogP contribution in [-0.2, 0) is 4.74 Å². The maximum Gasteiger partial charge on any atom is 0.0581 e. The third-order valence-electron chi connectivity index (χ3n) is 1.63. The molecule has 1 aliphatic heterocycles. The van der Waals surface area contributed by atoms with Crippen molar-refractivity contribution in [3.05, 3.63) is 0 Å². The van der Waals surface area contributed by atoms with Crippen LogP contribution in [0.15, 0.2) is 0 Å². The first-order valence-corrected chi connectivity index (χ1v) is 4.59. The second-order valence-electron chi connectivity index (χ2n) is 2.44. The van der Waals surface area contributed by atoms with E-state index < -0.39 is 0 Å². The van der Waals surface area contributed by atoms with E-state index in [1.807, 2.05) is 0 Å². The van der Waals surface area contributed by atoms with Gasteiger partial charge in [0.1, 0.15) is 0 Å². The summed E-state index contributed by atoms with van der Waals surface area (Å²) in [7, 11) is 1.79. The molecule has 1 saturated heterocycles. The van der Waals surface area contributed by atoms with Crippen LogP contribution in [0.1, 0.15) is 19.3 Å². The molecule has 0 N–H and O–H groups in total. The highest BCUT2D eigenvalue weighted by Gasteiger charge is 2.12. The summed E-state index contributed by atoms with van der Waals surface area (Å²) in [5, 5.41) is 0.795. The normalized spacial score (nSPS) is 28.3. The Bertz CT molecular complexity index is 66.6. The molecule has 2 heteroatoms. The predicted molar refractivity (Wildman–Crippen MR) is 42.0 cm³/mol. The maximum atomic E-state index is 5.06. The van der Waals surface area contributed by atoms with Crippen LogP contribution in [0, 0.1) is 0 Å². The van der Waals surface area contributed by atoms with Crippen molar-refractivity contribution in [3.8, 4) is 0 Å². The highest BCUT2D eigenvalue weighted by molar-refractivity contribution is 7.99. The van der Waals surface area contributed by atoms with Crippen molar-refractivity contribution >= 4 is 11.8 Å². The zero-order valence-electron chi connectivity index (χ0n) is 5.93. The molecule has 54 valence electrons. The van der Waals surface area contributed by atoms with Crippen LogP contribution in [0.2, 0.25) is 0 Å². The summed E-state index contributed by atoms with van der Waals surface area (Å²) in [6, 6.07) is 0. The minimum atomic E-state index is 0.795. The third-order valence-corrected chi connectivity index (χ3v) is 2.99. The number of hydrogen-bond donors (Lipinski definition) is 0. The Morgan fingerprint density at radius 2 is 2.44 bits per heavy atom. The van der Waals surface area contributed by atoms with E-state index in [0.29, 0.717) is 0 Å². The van der Waals surface area contributed by atoms with E-state index in [9.17, 15) is 0 Å². The van der Waals surface area contributed by atoms with Crippen molar-refractivity contribution in [1.29, 1.82) is 0 Å². The van der Waals surface area contributed by atoms with Crippen LogP contribution < -0.4 is 0 Å². The number of hydrogen-bond acceptors (Lipinski definition) is 2. The van der Waals surface area contributed by atoms with Crippen LogP contribution in [0.4, 0.5) is 0 Å². The molecule has 0 aromatic rings. The molecule has 9 heavy (non-hydrogen) atoms. The van der Waals surface area contributed by atoms with E-state index >= 15 is 0 Å². The molecule has 0 amide bonds. The smallest absolute Gasteiger partial charge is 0.0581 e. The van der Waals surface area contributed by atoms with E-state index in [1.165, 1.54) is 25.0 Å². The van der Waals surface area contributed by atoms with Crippen LogP contribution in [0.25, 0.3) is 0 Å². The Kier molecular flexibility index (Phi) is 3.44. The van der Waals surface area contributed by atoms with Gasteiger partial charge in [0.25, 0.3) is 0 Å². The zero-order valence-corrected chi connectivity index (χ0v) is 6.75. The van der Waals surface area contributed by atoms with Crippen molar-refractivity contribution in [2.75, 3.05) is 19.5 Å². The lowest BCUT2D eigenvalue weighted by molar-refractivity contribution is 0.195. The molecule has 1 rings (SSSR count). The number of methoxy groups -OCH3 is 1. The van der Waals surface area contributed by atoms with Gasteiger partial charge in [0.05, 0.1) is 6.61 Å². The molecular weight excluding hydrogens is 132 g/mol. The fourth-order valence-electron chi connectivity index (χ4n) is 1.12. The summed E-state index contributed by atoms with van der Waals surface area (Å²) in [5.41, 5.74) is 0. The third kappa shape index (κ3) is 2.59. The van der Waals surface area contributed by atoms with E-state index in [2.05, 4.69) is 11.8 Å². The second kappa shape index (κ2) is 4.18. The molecule has 1 heterocycles. The molecule has 1 unspecified atom stereocenters. The summed E-state index contributed by atoms with van der Waals surface area (Å²) in [6.45, 7) is 0.949. The first kappa shape index (κ1) is 7.42. The van der Waals surface area contributed by atoms with Crippen LogP contribution in [-0.4, -0.2) is 24.7 Å². The lowest BCUT2D eigenvalue weighted by Crippen LogP contribution is -2.14. The largest absolute Gasteiger partial charge is 0.384 e. The topological polar surface area (TPSA) is 9.23 Å². The summed E-state index contributed by atoms with van der Waals surface area (Å²) < 4.78 is 5.06. The van der Waals surface area contributed by atoms with Gasteiger partial charge >= 0.3 is 0 Å². The molecule has 1 fully saturated rings. The first-order valence-electron chi connectivity index (χ1n) is 3.54. The highest BCUT2D eigenvalue weighted by Crippen LogP contribution is 2.24. The van der Waals surface area contributed by atoms with Crippen LogP contribution in [0.5, 0.6) is 0 Å². The molecule has 0 aromatic carbocycles. The number of ether oxygens (including phenoxy) is 1. The average Bonchev–Trinajstić information content (AvgIpc) is 1.91. The number of rotatable bonds is 2. The maximum absolute atomic E-state index is 5.06. The van der Waals surface area contributed by atoms with Gasteiger partial charge in [-0.05, 0) is 18.6 Å². The van der Waals surface area contributed by atoms with Crippen molar-refractivity contribution in [3.63, 3.8) is 0 Å². The molecule has 0 aromatic heterocycles. The molecule has 0 saturated carbocycles. The van der Waals surface area contributed by atoms with E-state index in [-0.39, 0.29) is 0 Å². The molecule has 0 aliphatic carbocycles. The summed E-state index contributed by atoms with van der Waals surface area (Å²) in [4.78, 5) is 0. The second-order valence-corrected chi connectivity index (χ2v) is 3.85. The van der Waals surface area contributed by atoms with E-state index in [1.54, 1.807) is 7.11 Å². The van der Waals surface area contributed by atoms with Gasteiger partial charge in [-0.1, -0.05) is 6.42 Å². The zero-order chi connectivity index (χ0) is 6.53. The van der Waals surface area contributed by atoms with Gasteiger partial charge in [-0.25, -0.2) is 0 Å². The molecule has 0 radical (unpaired) electrons. The van der Waals surface area contributed by atoms with Crippen LogP contribution >= 0.6 is 11.8 Å². The Morgan fingerprint density at radius 3 is 3.00 bits per heavy atom. The Hall–Kier alpha value is 0.310. The Morgan fingerprint density at radius 1 is 1.56 bits per heavy atom. The standard InChI is InChI=1S/C7H14OS/c1-8-6-7-4-2-3-5-9-7/h7H,2-6H2,1H3. The van der Waals surface area contributed by atoms with Crippen molar-refractivity contribution in [2.24, 2.45) is 0 Å². The van der Waals surface area contributed by atoms with Gasteiger partial charge in [-0.2, -0.15) is 11.8 Å². The quantitative estimate of drug-likeness (QED) is 0.588. The van der Waals surface area contributed by atoms with Crippen LogP contribution in [0.3, 0.4) is 0 Å². The lowest BCUT2D eigenvalue weighted by Gasteiger charge is -2.19. The molecule has 0 spiro atoms. The van der Waals surface area contributed by atoms with Gasteiger partial charge in [-0.15, -0.1) is 0 Å². The molecule has 1 nitrogen and oxygen atoms in total. The summed E-state index contributed by atoms with van der Waals surface area (Å²) in [5.74, 6) is 1.34. The average molecular weight is 146 g/mol. The first-order chi connectivity index (χ1) is 4.43. The minimum Gasteiger partial charge on any atom is -0.384 e. The molecule has 0 bridgehead atoms. The van der Waals surface area contributed by atoms with Gasteiger partial charge < -0.3 is 4.74 Å². The van der Waals surface area contributed by atoms with E-state index in [0.717, 1.165) is 11.9 Å². The monoisotopic (exact) mass is 146 g/mol. The summed E-state index contributed by atoms with van der Waals surface area (Å²) in [6.07, 6.45) is 4.17. The van der Waals surface area contributed by atoms with Gasteiger partial charge in [0.2, 0.25) is 0 Å². The number of thioether (sulfide) groups is 1. The fourth-order valence-corrected chi connectivity index (χ4v) is 2.39. The predicted octanol–water partition coefficient (Wildman–Crippen LogP) is 1.92. The molecule has 1 aliphatic rings. The van der Waals surface area contributed by atoms with E-state index in [4.69, 9.17) is 4.74 Å². The minimum absolute atomic E-state index is 0.795. The highest BCUT2D eigenvalue weighted by atomic mass is 32.2. The summed E-state index contributed by atoms with van der Waals surface area (Å²) >= 11 is 2.06. The molecule has 1 atom stereocenters. The fraction of sp³-hybridized carbons (Fsp3) is 1.00.